The number of thioether (sulfide) groups is 1. The second-order valence-electron chi connectivity index (χ2n) is 5.65. The van der Waals surface area contributed by atoms with E-state index in [0.717, 1.165) is 22.7 Å². The van der Waals surface area contributed by atoms with Crippen LogP contribution in [0.1, 0.15) is 12.5 Å². The molecule has 0 unspecified atom stereocenters. The molecule has 3 aromatic rings. The van der Waals surface area contributed by atoms with Crippen molar-refractivity contribution in [3.05, 3.63) is 54.4 Å². The summed E-state index contributed by atoms with van der Waals surface area (Å²) in [4.78, 5) is 16.0. The lowest BCUT2D eigenvalue weighted by Gasteiger charge is -2.07. The Morgan fingerprint density at radius 1 is 1.29 bits per heavy atom. The standard InChI is InChI=1S/C19H20N6O2S/c1-3-25-18(15-6-8-16(27-2)9-7-15)23-24-19(25)28-13-17(26)22-21-12-14-5-4-10-20-11-14/h4-12H,3,13H2,1-2H3,(H,22,26). The molecule has 1 amide bonds. The number of hydrogen-bond donors (Lipinski definition) is 1. The summed E-state index contributed by atoms with van der Waals surface area (Å²) in [5.41, 5.74) is 4.25. The Hall–Kier alpha value is -3.20. The van der Waals surface area contributed by atoms with E-state index in [1.165, 1.54) is 11.8 Å². The highest BCUT2D eigenvalue weighted by Crippen LogP contribution is 2.25. The van der Waals surface area contributed by atoms with Gasteiger partial charge in [0.1, 0.15) is 5.75 Å². The van der Waals surface area contributed by atoms with Gasteiger partial charge in [0.2, 0.25) is 0 Å². The van der Waals surface area contributed by atoms with Gasteiger partial charge in [-0.15, -0.1) is 10.2 Å². The SMILES string of the molecule is CCn1c(SCC(=O)NN=Cc2cccnc2)nnc1-c1ccc(OC)cc1. The average molecular weight is 396 g/mol. The van der Waals surface area contributed by atoms with E-state index in [9.17, 15) is 4.79 Å². The van der Waals surface area contributed by atoms with Gasteiger partial charge in [0.15, 0.2) is 11.0 Å². The predicted molar refractivity (Wildman–Crippen MR) is 108 cm³/mol. The Bertz CT molecular complexity index is 941. The molecule has 2 heterocycles. The van der Waals surface area contributed by atoms with Crippen molar-refractivity contribution in [1.29, 1.82) is 0 Å². The third-order valence-corrected chi connectivity index (χ3v) is 4.77. The Kier molecular flexibility index (Phi) is 6.74. The maximum Gasteiger partial charge on any atom is 0.250 e. The van der Waals surface area contributed by atoms with Gasteiger partial charge in [0, 0.05) is 30.1 Å². The number of benzene rings is 1. The van der Waals surface area contributed by atoms with E-state index >= 15 is 0 Å². The predicted octanol–water partition coefficient (Wildman–Crippen LogP) is 2.61. The lowest BCUT2D eigenvalue weighted by molar-refractivity contribution is -0.118. The minimum absolute atomic E-state index is 0.186. The zero-order chi connectivity index (χ0) is 19.8. The topological polar surface area (TPSA) is 94.3 Å². The molecule has 28 heavy (non-hydrogen) atoms. The first-order chi connectivity index (χ1) is 13.7. The zero-order valence-electron chi connectivity index (χ0n) is 15.6. The van der Waals surface area contributed by atoms with Crippen molar-refractivity contribution in [2.45, 2.75) is 18.6 Å². The first-order valence-corrected chi connectivity index (χ1v) is 9.62. The molecule has 0 bridgehead atoms. The molecule has 144 valence electrons. The molecule has 0 radical (unpaired) electrons. The fourth-order valence-electron chi connectivity index (χ4n) is 2.43. The molecule has 0 aliphatic carbocycles. The van der Waals surface area contributed by atoms with Crippen LogP contribution in [0.5, 0.6) is 5.75 Å². The molecule has 0 fully saturated rings. The van der Waals surface area contributed by atoms with Crippen LogP contribution in [0.4, 0.5) is 0 Å². The van der Waals surface area contributed by atoms with Gasteiger partial charge < -0.3 is 9.30 Å². The summed E-state index contributed by atoms with van der Waals surface area (Å²) in [7, 11) is 1.63. The first-order valence-electron chi connectivity index (χ1n) is 8.63. The van der Waals surface area contributed by atoms with E-state index < -0.39 is 0 Å². The van der Waals surface area contributed by atoms with Gasteiger partial charge in [-0.1, -0.05) is 17.8 Å². The normalized spacial score (nSPS) is 10.9. The summed E-state index contributed by atoms with van der Waals surface area (Å²) >= 11 is 1.32. The number of carbonyl (C=O) groups excluding carboxylic acids is 1. The number of carbonyl (C=O) groups is 1. The fourth-order valence-corrected chi connectivity index (χ4v) is 3.22. The number of aromatic nitrogens is 4. The van der Waals surface area contributed by atoms with E-state index in [1.54, 1.807) is 31.8 Å². The Labute approximate surface area is 167 Å². The van der Waals surface area contributed by atoms with E-state index in [4.69, 9.17) is 4.74 Å². The van der Waals surface area contributed by atoms with Gasteiger partial charge in [0.25, 0.3) is 5.91 Å². The van der Waals surface area contributed by atoms with Gasteiger partial charge >= 0.3 is 0 Å². The minimum atomic E-state index is -0.221. The third-order valence-electron chi connectivity index (χ3n) is 3.80. The van der Waals surface area contributed by atoms with Crippen LogP contribution in [0.25, 0.3) is 11.4 Å². The molecule has 0 saturated carbocycles. The van der Waals surface area contributed by atoms with Gasteiger partial charge in [0.05, 0.1) is 19.1 Å². The minimum Gasteiger partial charge on any atom is -0.497 e. The number of methoxy groups -OCH3 is 1. The first kappa shape index (κ1) is 19.6. The quantitative estimate of drug-likeness (QED) is 0.357. The maximum atomic E-state index is 12.0. The largest absolute Gasteiger partial charge is 0.497 e. The molecule has 3 rings (SSSR count). The van der Waals surface area contributed by atoms with Crippen molar-refractivity contribution in [3.8, 4) is 17.1 Å². The molecule has 8 nitrogen and oxygen atoms in total. The van der Waals surface area contributed by atoms with E-state index in [-0.39, 0.29) is 11.7 Å². The van der Waals surface area contributed by atoms with E-state index in [2.05, 4.69) is 25.7 Å². The highest BCUT2D eigenvalue weighted by atomic mass is 32.2. The van der Waals surface area contributed by atoms with E-state index in [1.807, 2.05) is 41.8 Å². The Balaban J connectivity index is 1.60. The number of hydrazone groups is 1. The van der Waals surface area contributed by atoms with Crippen LogP contribution >= 0.6 is 11.8 Å². The summed E-state index contributed by atoms with van der Waals surface area (Å²) in [6.07, 6.45) is 4.89. The monoisotopic (exact) mass is 396 g/mol. The van der Waals surface area contributed by atoms with Crippen LogP contribution in [0.2, 0.25) is 0 Å². The van der Waals surface area contributed by atoms with E-state index in [0.29, 0.717) is 11.7 Å². The lowest BCUT2D eigenvalue weighted by Crippen LogP contribution is -2.20. The van der Waals surface area contributed by atoms with Crippen molar-refractivity contribution in [1.82, 2.24) is 25.2 Å². The van der Waals surface area contributed by atoms with Crippen LogP contribution in [0.3, 0.4) is 0 Å². The highest BCUT2D eigenvalue weighted by Gasteiger charge is 2.14. The number of nitrogens with one attached hydrogen (secondary N) is 1. The maximum absolute atomic E-state index is 12.0. The molecule has 2 aromatic heterocycles. The molecule has 0 saturated heterocycles. The summed E-state index contributed by atoms with van der Waals surface area (Å²) in [6, 6.07) is 11.3. The van der Waals surface area contributed by atoms with Crippen LogP contribution in [0.15, 0.2) is 59.0 Å². The lowest BCUT2D eigenvalue weighted by atomic mass is 10.2. The molecule has 0 aliphatic heterocycles. The number of hydrogen-bond acceptors (Lipinski definition) is 7. The zero-order valence-corrected chi connectivity index (χ0v) is 16.4. The Morgan fingerprint density at radius 2 is 2.11 bits per heavy atom. The van der Waals surface area contributed by atoms with Crippen LogP contribution in [-0.4, -0.2) is 44.7 Å². The van der Waals surface area contributed by atoms with Crippen LogP contribution < -0.4 is 10.2 Å². The van der Waals surface area contributed by atoms with Gasteiger partial charge in [-0.25, -0.2) is 5.43 Å². The van der Waals surface area contributed by atoms with Gasteiger partial charge in [-0.05, 0) is 37.3 Å². The van der Waals surface area contributed by atoms with Crippen molar-refractivity contribution < 1.29 is 9.53 Å². The molecule has 0 aliphatic rings. The van der Waals surface area contributed by atoms with Crippen molar-refractivity contribution in [3.63, 3.8) is 0 Å². The molecule has 9 heteroatoms. The second-order valence-corrected chi connectivity index (χ2v) is 6.59. The third kappa shape index (κ3) is 4.95. The number of rotatable bonds is 8. The van der Waals surface area contributed by atoms with Crippen LogP contribution in [-0.2, 0) is 11.3 Å². The smallest absolute Gasteiger partial charge is 0.250 e. The van der Waals surface area contributed by atoms with Crippen molar-refractivity contribution in [2.75, 3.05) is 12.9 Å². The Morgan fingerprint density at radius 3 is 2.79 bits per heavy atom. The molecule has 0 spiro atoms. The molecule has 1 aromatic carbocycles. The molecule has 1 N–H and O–H groups in total. The summed E-state index contributed by atoms with van der Waals surface area (Å²) < 4.78 is 7.16. The molecule has 0 atom stereocenters. The number of pyridine rings is 1. The van der Waals surface area contributed by atoms with Crippen molar-refractivity contribution >= 4 is 23.9 Å². The van der Waals surface area contributed by atoms with Crippen molar-refractivity contribution in [2.24, 2.45) is 5.10 Å². The summed E-state index contributed by atoms with van der Waals surface area (Å²) in [5.74, 6) is 1.50. The number of nitrogens with zero attached hydrogens (tertiary/aromatic N) is 5. The molecular formula is C19H20N6O2S. The fraction of sp³-hybridized carbons (Fsp3) is 0.211. The number of amides is 1. The van der Waals surface area contributed by atoms with Gasteiger partial charge in [-0.3, -0.25) is 9.78 Å². The number of ether oxygens (including phenoxy) is 1. The second kappa shape index (κ2) is 9.65. The summed E-state index contributed by atoms with van der Waals surface area (Å²) in [5, 5.41) is 13.1. The van der Waals surface area contributed by atoms with Gasteiger partial charge in [-0.2, -0.15) is 5.10 Å². The van der Waals surface area contributed by atoms with Crippen LogP contribution in [0, 0.1) is 0 Å². The average Bonchev–Trinajstić information content (AvgIpc) is 3.16. The highest BCUT2D eigenvalue weighted by molar-refractivity contribution is 7.99. The summed E-state index contributed by atoms with van der Waals surface area (Å²) in [6.45, 7) is 2.70. The molecular weight excluding hydrogens is 376 g/mol.